The lowest BCUT2D eigenvalue weighted by atomic mass is 10.1. The van der Waals surface area contributed by atoms with Gasteiger partial charge >= 0.3 is 0 Å². The third-order valence-electron chi connectivity index (χ3n) is 3.80. The standard InChI is InChI=1S/C17H19ClN2O3/c1-10-8-20(9-11(2)22-10)17(21)16-6-5-15(23-16)13-4-3-12(18)7-14(13)19/h3-7,10-11H,8-9,19H2,1-2H3/t10-,11-/m0/s1. The number of amides is 1. The topological polar surface area (TPSA) is 68.7 Å². The van der Waals surface area contributed by atoms with Gasteiger partial charge in [-0.15, -0.1) is 0 Å². The molecule has 2 N–H and O–H groups in total. The maximum absolute atomic E-state index is 12.6. The van der Waals surface area contributed by atoms with Gasteiger partial charge in [0.2, 0.25) is 0 Å². The van der Waals surface area contributed by atoms with E-state index >= 15 is 0 Å². The molecule has 23 heavy (non-hydrogen) atoms. The second kappa shape index (κ2) is 6.26. The Labute approximate surface area is 140 Å². The average Bonchev–Trinajstić information content (AvgIpc) is 2.95. The molecular weight excluding hydrogens is 316 g/mol. The number of ether oxygens (including phenoxy) is 1. The number of halogens is 1. The summed E-state index contributed by atoms with van der Waals surface area (Å²) in [7, 11) is 0. The number of hydrogen-bond acceptors (Lipinski definition) is 4. The van der Waals surface area contributed by atoms with Crippen LogP contribution >= 0.6 is 11.6 Å². The van der Waals surface area contributed by atoms with Gasteiger partial charge in [-0.25, -0.2) is 0 Å². The summed E-state index contributed by atoms with van der Waals surface area (Å²) < 4.78 is 11.4. The minimum Gasteiger partial charge on any atom is -0.451 e. The zero-order valence-corrected chi connectivity index (χ0v) is 13.8. The fourth-order valence-electron chi connectivity index (χ4n) is 2.86. The van der Waals surface area contributed by atoms with E-state index in [4.69, 9.17) is 26.5 Å². The number of nitrogens with zero attached hydrogens (tertiary/aromatic N) is 1. The first-order valence-corrected chi connectivity index (χ1v) is 7.92. The van der Waals surface area contributed by atoms with Crippen LogP contribution in [0.3, 0.4) is 0 Å². The molecule has 1 aliphatic heterocycles. The first-order chi connectivity index (χ1) is 10.9. The lowest BCUT2D eigenvalue weighted by Gasteiger charge is -2.34. The highest BCUT2D eigenvalue weighted by molar-refractivity contribution is 6.31. The van der Waals surface area contributed by atoms with E-state index in [2.05, 4.69) is 0 Å². The third kappa shape index (κ3) is 3.35. The van der Waals surface area contributed by atoms with Crippen LogP contribution in [0.15, 0.2) is 34.7 Å². The predicted octanol–water partition coefficient (Wildman–Crippen LogP) is 3.43. The number of anilines is 1. The van der Waals surface area contributed by atoms with Crippen molar-refractivity contribution in [2.45, 2.75) is 26.1 Å². The molecule has 0 aliphatic carbocycles. The van der Waals surface area contributed by atoms with E-state index in [1.54, 1.807) is 35.2 Å². The molecule has 0 unspecified atom stereocenters. The average molecular weight is 335 g/mol. The molecule has 1 aromatic heterocycles. The minimum absolute atomic E-state index is 0.0176. The third-order valence-corrected chi connectivity index (χ3v) is 4.04. The van der Waals surface area contributed by atoms with Gasteiger partial charge in [-0.1, -0.05) is 11.6 Å². The zero-order chi connectivity index (χ0) is 16.6. The van der Waals surface area contributed by atoms with E-state index in [1.165, 1.54) is 0 Å². The Morgan fingerprint density at radius 1 is 1.22 bits per heavy atom. The SMILES string of the molecule is C[C@H]1CN(C(=O)c2ccc(-c3ccc(Cl)cc3N)o2)C[C@H](C)O1. The number of rotatable bonds is 2. The van der Waals surface area contributed by atoms with E-state index in [-0.39, 0.29) is 18.1 Å². The molecule has 1 aromatic carbocycles. The lowest BCUT2D eigenvalue weighted by molar-refractivity contribution is -0.0592. The van der Waals surface area contributed by atoms with Crippen LogP contribution in [-0.4, -0.2) is 36.1 Å². The Bertz CT molecular complexity index is 718. The number of morpholine rings is 1. The number of nitrogens with two attached hydrogens (primary N) is 1. The van der Waals surface area contributed by atoms with Crippen molar-refractivity contribution in [1.29, 1.82) is 0 Å². The van der Waals surface area contributed by atoms with Gasteiger partial charge < -0.3 is 19.8 Å². The maximum atomic E-state index is 12.6. The van der Waals surface area contributed by atoms with Gasteiger partial charge in [-0.2, -0.15) is 0 Å². The molecule has 3 rings (SSSR count). The van der Waals surface area contributed by atoms with Crippen molar-refractivity contribution < 1.29 is 13.9 Å². The van der Waals surface area contributed by atoms with Gasteiger partial charge in [0.15, 0.2) is 5.76 Å². The normalized spacial score (nSPS) is 21.4. The summed E-state index contributed by atoms with van der Waals surface area (Å²) in [6.07, 6.45) is 0.0353. The molecule has 1 fully saturated rings. The molecule has 1 saturated heterocycles. The van der Waals surface area contributed by atoms with Crippen LogP contribution in [0.4, 0.5) is 5.69 Å². The molecule has 6 heteroatoms. The minimum atomic E-state index is -0.134. The highest BCUT2D eigenvalue weighted by Gasteiger charge is 2.28. The fraction of sp³-hybridized carbons (Fsp3) is 0.353. The summed E-state index contributed by atoms with van der Waals surface area (Å²) in [6.45, 7) is 5.03. The summed E-state index contributed by atoms with van der Waals surface area (Å²) in [6, 6.07) is 8.61. The van der Waals surface area contributed by atoms with E-state index < -0.39 is 0 Å². The van der Waals surface area contributed by atoms with Gasteiger partial charge in [0.1, 0.15) is 5.76 Å². The number of nitrogen functional groups attached to an aromatic ring is 1. The number of carbonyl (C=O) groups excluding carboxylic acids is 1. The Morgan fingerprint density at radius 2 is 1.91 bits per heavy atom. The monoisotopic (exact) mass is 334 g/mol. The summed E-state index contributed by atoms with van der Waals surface area (Å²) in [5.74, 6) is 0.721. The van der Waals surface area contributed by atoms with E-state index in [0.717, 1.165) is 5.56 Å². The second-order valence-corrected chi connectivity index (χ2v) is 6.30. The van der Waals surface area contributed by atoms with Crippen LogP contribution in [0.1, 0.15) is 24.4 Å². The van der Waals surface area contributed by atoms with Crippen LogP contribution in [0, 0.1) is 0 Å². The molecule has 122 valence electrons. The molecule has 0 bridgehead atoms. The van der Waals surface area contributed by atoms with Gasteiger partial charge in [-0.3, -0.25) is 4.79 Å². The van der Waals surface area contributed by atoms with Crippen LogP contribution in [0.25, 0.3) is 11.3 Å². The van der Waals surface area contributed by atoms with Crippen LogP contribution < -0.4 is 5.73 Å². The number of hydrogen-bond donors (Lipinski definition) is 1. The quantitative estimate of drug-likeness (QED) is 0.854. The van der Waals surface area contributed by atoms with Crippen LogP contribution in [-0.2, 0) is 4.74 Å². The van der Waals surface area contributed by atoms with Crippen LogP contribution in [0.5, 0.6) is 0 Å². The van der Waals surface area contributed by atoms with Crippen molar-refractivity contribution >= 4 is 23.2 Å². The Kier molecular flexibility index (Phi) is 4.33. The van der Waals surface area contributed by atoms with Gasteiger partial charge in [0.05, 0.1) is 12.2 Å². The molecule has 0 saturated carbocycles. The summed E-state index contributed by atoms with van der Waals surface area (Å²) in [5.41, 5.74) is 7.19. The molecule has 2 heterocycles. The number of furan rings is 1. The van der Waals surface area contributed by atoms with Gasteiger partial charge in [-0.05, 0) is 44.2 Å². The number of carbonyl (C=O) groups is 1. The molecular formula is C17H19ClN2O3. The van der Waals surface area contributed by atoms with Crippen molar-refractivity contribution in [3.05, 3.63) is 41.1 Å². The molecule has 1 aliphatic rings. The van der Waals surface area contributed by atoms with Gasteiger partial charge in [0, 0.05) is 29.4 Å². The Balaban J connectivity index is 1.82. The summed E-state index contributed by atoms with van der Waals surface area (Å²) in [5, 5.41) is 0.561. The summed E-state index contributed by atoms with van der Waals surface area (Å²) in [4.78, 5) is 14.4. The lowest BCUT2D eigenvalue weighted by Crippen LogP contribution is -2.48. The van der Waals surface area contributed by atoms with Crippen molar-refractivity contribution in [2.75, 3.05) is 18.8 Å². The smallest absolute Gasteiger partial charge is 0.289 e. The first-order valence-electron chi connectivity index (χ1n) is 7.54. The highest BCUT2D eigenvalue weighted by Crippen LogP contribution is 2.30. The Morgan fingerprint density at radius 3 is 2.57 bits per heavy atom. The highest BCUT2D eigenvalue weighted by atomic mass is 35.5. The molecule has 2 atom stereocenters. The fourth-order valence-corrected chi connectivity index (χ4v) is 3.04. The second-order valence-electron chi connectivity index (χ2n) is 5.86. The van der Waals surface area contributed by atoms with Gasteiger partial charge in [0.25, 0.3) is 5.91 Å². The molecule has 1 amide bonds. The van der Waals surface area contributed by atoms with E-state index in [9.17, 15) is 4.79 Å². The zero-order valence-electron chi connectivity index (χ0n) is 13.1. The van der Waals surface area contributed by atoms with Crippen molar-refractivity contribution in [1.82, 2.24) is 4.90 Å². The van der Waals surface area contributed by atoms with E-state index in [0.29, 0.717) is 35.3 Å². The van der Waals surface area contributed by atoms with Crippen molar-refractivity contribution in [3.63, 3.8) is 0 Å². The summed E-state index contributed by atoms with van der Waals surface area (Å²) >= 11 is 5.91. The molecule has 0 spiro atoms. The maximum Gasteiger partial charge on any atom is 0.289 e. The number of benzene rings is 1. The predicted molar refractivity (Wildman–Crippen MR) is 89.5 cm³/mol. The van der Waals surface area contributed by atoms with E-state index in [1.807, 2.05) is 13.8 Å². The molecule has 5 nitrogen and oxygen atoms in total. The van der Waals surface area contributed by atoms with Crippen LogP contribution in [0.2, 0.25) is 5.02 Å². The molecule has 0 radical (unpaired) electrons. The van der Waals surface area contributed by atoms with Crippen molar-refractivity contribution in [3.8, 4) is 11.3 Å². The largest absolute Gasteiger partial charge is 0.451 e. The Hall–Kier alpha value is -1.98. The first kappa shape index (κ1) is 15.9. The molecule has 2 aromatic rings. The van der Waals surface area contributed by atoms with Crippen molar-refractivity contribution in [2.24, 2.45) is 0 Å².